The van der Waals surface area contributed by atoms with Crippen molar-refractivity contribution in [3.8, 4) is 78.9 Å². The Morgan fingerprint density at radius 3 is 1.59 bits per heavy atom. The maximum absolute atomic E-state index is 5.42. The Hall–Kier alpha value is -9.26. The van der Waals surface area contributed by atoms with Crippen molar-refractivity contribution < 1.29 is 0 Å². The fraction of sp³-hybridized carbons (Fsp3) is 0. The highest BCUT2D eigenvalue weighted by atomic mass is 15.1. The van der Waals surface area contributed by atoms with Crippen molar-refractivity contribution in [3.05, 3.63) is 243 Å². The van der Waals surface area contributed by atoms with Crippen molar-refractivity contribution in [2.75, 3.05) is 0 Å². The SMILES string of the molecule is c1ccc(-c2ccc3c(c2)c2c(-c4cccc(-c5nc(-c6ccccc6)nc(-c6ccc(-c7cccnc7)cc6-n6c7ccccc7c7ccccc76)n5)c4)cccc2n3-c2ccccc2)cc1. The third-order valence-electron chi connectivity index (χ3n) is 13.1. The van der Waals surface area contributed by atoms with Gasteiger partial charge in [-0.05, 0) is 94.5 Å². The van der Waals surface area contributed by atoms with E-state index in [0.717, 1.165) is 72.4 Å². The average molecular weight is 869 g/mol. The zero-order valence-corrected chi connectivity index (χ0v) is 36.8. The predicted molar refractivity (Wildman–Crippen MR) is 279 cm³/mol. The van der Waals surface area contributed by atoms with Crippen LogP contribution in [0.25, 0.3) is 123 Å². The van der Waals surface area contributed by atoms with Crippen LogP contribution in [0.4, 0.5) is 0 Å². The van der Waals surface area contributed by atoms with Gasteiger partial charge in [0, 0.05) is 61.9 Å². The molecule has 0 atom stereocenters. The Bertz CT molecular complexity index is 3960. The zero-order chi connectivity index (χ0) is 45.0. The monoisotopic (exact) mass is 868 g/mol. The number of pyridine rings is 1. The van der Waals surface area contributed by atoms with Crippen molar-refractivity contribution in [1.82, 2.24) is 29.1 Å². The van der Waals surface area contributed by atoms with Crippen molar-refractivity contribution in [3.63, 3.8) is 0 Å². The standard InChI is InChI=1S/C62H40N6/c1-4-17-41(18-5-1)43-33-35-56-53(38-43)59-49(28-15-31-57(59)67(56)48-24-8-3-9-25-48)45-21-14-22-46(37-45)61-64-60(42-19-6-2-7-20-42)65-62(66-61)52-34-32-44(47-23-16-36-63-40-47)39-58(52)68-54-29-12-10-26-50(54)51-27-11-13-30-55(51)68/h1-40H. The molecule has 0 unspecified atom stereocenters. The Morgan fingerprint density at radius 2 is 0.853 bits per heavy atom. The Balaban J connectivity index is 1.03. The van der Waals surface area contributed by atoms with E-state index in [9.17, 15) is 0 Å². The maximum Gasteiger partial charge on any atom is 0.166 e. The maximum atomic E-state index is 5.42. The van der Waals surface area contributed by atoms with Gasteiger partial charge >= 0.3 is 0 Å². The molecule has 0 saturated heterocycles. The summed E-state index contributed by atoms with van der Waals surface area (Å²) >= 11 is 0. The highest BCUT2D eigenvalue weighted by molar-refractivity contribution is 6.17. The van der Waals surface area contributed by atoms with Gasteiger partial charge in [-0.15, -0.1) is 0 Å². The molecule has 0 N–H and O–H groups in total. The lowest BCUT2D eigenvalue weighted by Gasteiger charge is -2.16. The molecule has 9 aromatic carbocycles. The van der Waals surface area contributed by atoms with Crippen LogP contribution in [-0.4, -0.2) is 29.1 Å². The van der Waals surface area contributed by atoms with E-state index in [4.69, 9.17) is 15.0 Å². The molecule has 0 aliphatic heterocycles. The van der Waals surface area contributed by atoms with Crippen LogP contribution in [0.3, 0.4) is 0 Å². The second kappa shape index (κ2) is 16.3. The van der Waals surface area contributed by atoms with Crippen molar-refractivity contribution in [1.29, 1.82) is 0 Å². The van der Waals surface area contributed by atoms with E-state index in [-0.39, 0.29) is 0 Å². The van der Waals surface area contributed by atoms with Gasteiger partial charge in [0.25, 0.3) is 0 Å². The summed E-state index contributed by atoms with van der Waals surface area (Å²) in [5.74, 6) is 1.77. The van der Waals surface area contributed by atoms with E-state index in [1.54, 1.807) is 0 Å². The summed E-state index contributed by atoms with van der Waals surface area (Å²) in [5, 5.41) is 4.73. The minimum Gasteiger partial charge on any atom is -0.309 e. The molecule has 318 valence electrons. The molecule has 0 aliphatic rings. The quantitative estimate of drug-likeness (QED) is 0.153. The van der Waals surface area contributed by atoms with Crippen LogP contribution < -0.4 is 0 Å². The lowest BCUT2D eigenvalue weighted by Crippen LogP contribution is -2.04. The Labute approximate surface area is 392 Å². The van der Waals surface area contributed by atoms with Gasteiger partial charge in [0.1, 0.15) is 0 Å². The lowest BCUT2D eigenvalue weighted by atomic mass is 9.96. The topological polar surface area (TPSA) is 61.4 Å². The number of benzene rings is 9. The van der Waals surface area contributed by atoms with Gasteiger partial charge in [-0.1, -0.05) is 164 Å². The second-order valence-corrected chi connectivity index (χ2v) is 17.1. The van der Waals surface area contributed by atoms with Gasteiger partial charge in [0.2, 0.25) is 0 Å². The number of hydrogen-bond acceptors (Lipinski definition) is 4. The molecule has 13 aromatic rings. The normalized spacial score (nSPS) is 11.5. The summed E-state index contributed by atoms with van der Waals surface area (Å²) in [4.78, 5) is 20.4. The number of fused-ring (bicyclic) bond motifs is 6. The van der Waals surface area contributed by atoms with E-state index in [0.29, 0.717) is 17.5 Å². The molecule has 4 heterocycles. The molecular weight excluding hydrogens is 829 g/mol. The van der Waals surface area contributed by atoms with Gasteiger partial charge in [0.15, 0.2) is 17.5 Å². The summed E-state index contributed by atoms with van der Waals surface area (Å²) in [6.45, 7) is 0. The minimum absolute atomic E-state index is 0.579. The molecule has 68 heavy (non-hydrogen) atoms. The van der Waals surface area contributed by atoms with Gasteiger partial charge in [-0.2, -0.15) is 0 Å². The van der Waals surface area contributed by atoms with E-state index < -0.39 is 0 Å². The van der Waals surface area contributed by atoms with E-state index in [1.165, 1.54) is 32.7 Å². The van der Waals surface area contributed by atoms with Gasteiger partial charge < -0.3 is 9.13 Å². The summed E-state index contributed by atoms with van der Waals surface area (Å²) in [7, 11) is 0. The van der Waals surface area contributed by atoms with Crippen LogP contribution in [0.5, 0.6) is 0 Å². The number of nitrogens with zero attached hydrogens (tertiary/aromatic N) is 6. The summed E-state index contributed by atoms with van der Waals surface area (Å²) in [5.41, 5.74) is 15.9. The average Bonchev–Trinajstić information content (AvgIpc) is 3.94. The number of para-hydroxylation sites is 3. The third-order valence-corrected chi connectivity index (χ3v) is 13.1. The molecule has 6 heteroatoms. The van der Waals surface area contributed by atoms with E-state index >= 15 is 0 Å². The molecule has 13 rings (SSSR count). The molecule has 0 spiro atoms. The molecule has 0 fully saturated rings. The lowest BCUT2D eigenvalue weighted by molar-refractivity contribution is 1.06. The smallest absolute Gasteiger partial charge is 0.166 e. The van der Waals surface area contributed by atoms with Crippen LogP contribution >= 0.6 is 0 Å². The zero-order valence-electron chi connectivity index (χ0n) is 36.8. The third kappa shape index (κ3) is 6.66. The molecule has 0 aliphatic carbocycles. The van der Waals surface area contributed by atoms with E-state index in [2.05, 4.69) is 220 Å². The van der Waals surface area contributed by atoms with Crippen LogP contribution in [0, 0.1) is 0 Å². The number of hydrogen-bond donors (Lipinski definition) is 0. The summed E-state index contributed by atoms with van der Waals surface area (Å²) in [6, 6.07) is 81.4. The first-order valence-electron chi connectivity index (χ1n) is 22.9. The van der Waals surface area contributed by atoms with Gasteiger partial charge in [-0.25, -0.2) is 15.0 Å². The number of aromatic nitrogens is 6. The first kappa shape index (κ1) is 39.1. The molecular formula is C62H40N6. The molecule has 0 amide bonds. The fourth-order valence-corrected chi connectivity index (χ4v) is 9.95. The van der Waals surface area contributed by atoms with Crippen molar-refractivity contribution in [2.24, 2.45) is 0 Å². The highest BCUT2D eigenvalue weighted by Crippen LogP contribution is 2.42. The highest BCUT2D eigenvalue weighted by Gasteiger charge is 2.22. The van der Waals surface area contributed by atoms with E-state index in [1.807, 2.05) is 36.7 Å². The first-order valence-corrected chi connectivity index (χ1v) is 22.9. The van der Waals surface area contributed by atoms with Crippen LogP contribution in [0.1, 0.15) is 0 Å². The Kier molecular flexibility index (Phi) is 9.39. The van der Waals surface area contributed by atoms with Crippen molar-refractivity contribution in [2.45, 2.75) is 0 Å². The number of rotatable bonds is 8. The van der Waals surface area contributed by atoms with Gasteiger partial charge in [-0.3, -0.25) is 4.98 Å². The summed E-state index contributed by atoms with van der Waals surface area (Å²) in [6.07, 6.45) is 3.72. The fourth-order valence-electron chi connectivity index (χ4n) is 9.95. The largest absolute Gasteiger partial charge is 0.309 e. The van der Waals surface area contributed by atoms with Crippen LogP contribution in [-0.2, 0) is 0 Å². The van der Waals surface area contributed by atoms with Crippen LogP contribution in [0.2, 0.25) is 0 Å². The molecule has 6 nitrogen and oxygen atoms in total. The summed E-state index contributed by atoms with van der Waals surface area (Å²) < 4.78 is 4.73. The predicted octanol–water partition coefficient (Wildman–Crippen LogP) is 15.5. The van der Waals surface area contributed by atoms with Crippen LogP contribution in [0.15, 0.2) is 243 Å². The molecule has 0 radical (unpaired) electrons. The van der Waals surface area contributed by atoms with Crippen molar-refractivity contribution >= 4 is 43.6 Å². The molecule has 4 aromatic heterocycles. The molecule has 0 saturated carbocycles. The minimum atomic E-state index is 0.579. The molecule has 0 bridgehead atoms. The van der Waals surface area contributed by atoms with Gasteiger partial charge in [0.05, 0.1) is 27.8 Å². The first-order chi connectivity index (χ1) is 33.7. The Morgan fingerprint density at radius 1 is 0.294 bits per heavy atom. The second-order valence-electron chi connectivity index (χ2n) is 17.1.